The zero-order valence-corrected chi connectivity index (χ0v) is 15.8. The van der Waals surface area contributed by atoms with Crippen LogP contribution in [-0.2, 0) is 14.8 Å². The number of carbonyl (C=O) groups is 1. The summed E-state index contributed by atoms with van der Waals surface area (Å²) in [6.45, 7) is 3.85. The summed E-state index contributed by atoms with van der Waals surface area (Å²) in [5.74, 6) is -0.488. The Labute approximate surface area is 149 Å². The molecule has 7 heteroatoms. The van der Waals surface area contributed by atoms with Crippen molar-refractivity contribution in [3.63, 3.8) is 0 Å². The summed E-state index contributed by atoms with van der Waals surface area (Å²) in [5, 5.41) is 1.36. The van der Waals surface area contributed by atoms with Gasteiger partial charge in [0.05, 0.1) is 10.9 Å². The number of carbonyl (C=O) groups excluding carboxylic acids is 1. The molecule has 1 amide bonds. The van der Waals surface area contributed by atoms with Crippen molar-refractivity contribution in [2.24, 2.45) is 11.7 Å². The Morgan fingerprint density at radius 2 is 1.72 bits per heavy atom. The van der Waals surface area contributed by atoms with E-state index < -0.39 is 22.0 Å². The third-order valence-electron chi connectivity index (χ3n) is 3.93. The number of hydrogen-bond donors (Lipinski definition) is 2. The summed E-state index contributed by atoms with van der Waals surface area (Å²) >= 11 is 0. The molecule has 0 spiro atoms. The van der Waals surface area contributed by atoms with E-state index in [1.807, 2.05) is 45.0 Å². The van der Waals surface area contributed by atoms with Crippen LogP contribution in [0.4, 0.5) is 5.69 Å². The minimum Gasteiger partial charge on any atom is -0.377 e. The fourth-order valence-electron chi connectivity index (χ4n) is 2.77. The Kier molecular flexibility index (Phi) is 5.69. The number of anilines is 1. The van der Waals surface area contributed by atoms with Crippen molar-refractivity contribution in [3.05, 3.63) is 36.4 Å². The summed E-state index contributed by atoms with van der Waals surface area (Å²) in [7, 11) is -0.224. The smallest absolute Gasteiger partial charge is 0.264 e. The molecule has 1 atom stereocenters. The molecule has 3 N–H and O–H groups in total. The molecule has 136 valence electrons. The maximum absolute atomic E-state index is 12.7. The molecule has 0 saturated heterocycles. The van der Waals surface area contributed by atoms with Gasteiger partial charge in [0.2, 0.25) is 0 Å². The second-order valence-electron chi connectivity index (χ2n) is 6.73. The van der Waals surface area contributed by atoms with Gasteiger partial charge in [0.25, 0.3) is 15.9 Å². The number of amides is 1. The Morgan fingerprint density at radius 3 is 2.32 bits per heavy atom. The molecule has 0 aliphatic rings. The van der Waals surface area contributed by atoms with Crippen LogP contribution < -0.4 is 15.4 Å². The highest BCUT2D eigenvalue weighted by Crippen LogP contribution is 2.30. The Bertz CT molecular complexity index is 876. The molecule has 0 radical (unpaired) electrons. The predicted molar refractivity (Wildman–Crippen MR) is 101 cm³/mol. The zero-order chi connectivity index (χ0) is 18.8. The number of nitrogens with two attached hydrogens (primary N) is 1. The predicted octanol–water partition coefficient (Wildman–Crippen LogP) is 2.08. The van der Waals surface area contributed by atoms with E-state index in [4.69, 9.17) is 5.73 Å². The van der Waals surface area contributed by atoms with Gasteiger partial charge in [-0.3, -0.25) is 4.79 Å². The quantitative estimate of drug-likeness (QED) is 0.820. The molecule has 0 fully saturated rings. The van der Waals surface area contributed by atoms with Gasteiger partial charge < -0.3 is 10.6 Å². The number of benzene rings is 2. The monoisotopic (exact) mass is 363 g/mol. The van der Waals surface area contributed by atoms with Gasteiger partial charge in [-0.1, -0.05) is 38.1 Å². The van der Waals surface area contributed by atoms with Crippen LogP contribution in [0, 0.1) is 5.92 Å². The van der Waals surface area contributed by atoms with Crippen LogP contribution in [0.3, 0.4) is 0 Å². The van der Waals surface area contributed by atoms with Gasteiger partial charge in [-0.2, -0.15) is 0 Å². The van der Waals surface area contributed by atoms with Crippen molar-refractivity contribution in [1.29, 1.82) is 0 Å². The maximum atomic E-state index is 12.7. The van der Waals surface area contributed by atoms with E-state index in [1.165, 1.54) is 6.07 Å². The minimum absolute atomic E-state index is 0.0683. The van der Waals surface area contributed by atoms with E-state index >= 15 is 0 Å². The molecule has 0 aliphatic carbocycles. The first-order valence-electron chi connectivity index (χ1n) is 8.14. The number of nitrogens with zero attached hydrogens (tertiary/aromatic N) is 1. The maximum Gasteiger partial charge on any atom is 0.264 e. The Hall–Kier alpha value is -2.12. The van der Waals surface area contributed by atoms with E-state index in [0.29, 0.717) is 11.8 Å². The molecule has 0 aromatic heterocycles. The van der Waals surface area contributed by atoms with Crippen molar-refractivity contribution >= 4 is 32.4 Å². The fraction of sp³-hybridized carbons (Fsp3) is 0.389. The van der Waals surface area contributed by atoms with Crippen LogP contribution in [0.15, 0.2) is 41.3 Å². The summed E-state index contributed by atoms with van der Waals surface area (Å²) in [6.07, 6.45) is 0.418. The zero-order valence-electron chi connectivity index (χ0n) is 15.0. The third-order valence-corrected chi connectivity index (χ3v) is 5.33. The lowest BCUT2D eigenvalue weighted by molar-refractivity contribution is -0.120. The lowest BCUT2D eigenvalue weighted by Crippen LogP contribution is -2.44. The van der Waals surface area contributed by atoms with Crippen LogP contribution in [0.5, 0.6) is 0 Å². The van der Waals surface area contributed by atoms with Gasteiger partial charge in [-0.25, -0.2) is 13.1 Å². The SMILES string of the molecule is CC(C)C[C@H](N)C(=O)NS(=O)(=O)c1cccc2c(N(C)C)cccc12. The van der Waals surface area contributed by atoms with Crippen molar-refractivity contribution in [1.82, 2.24) is 4.72 Å². The summed E-state index contributed by atoms with van der Waals surface area (Å²) in [4.78, 5) is 14.1. The fourth-order valence-corrected chi connectivity index (χ4v) is 4.02. The molecule has 2 aromatic rings. The van der Waals surface area contributed by atoms with E-state index in [2.05, 4.69) is 4.72 Å². The summed E-state index contributed by atoms with van der Waals surface area (Å²) < 4.78 is 27.6. The first-order chi connectivity index (χ1) is 11.6. The minimum atomic E-state index is -4.01. The van der Waals surface area contributed by atoms with Crippen molar-refractivity contribution in [3.8, 4) is 0 Å². The molecule has 2 aromatic carbocycles. The van der Waals surface area contributed by atoms with Crippen LogP contribution in [-0.4, -0.2) is 34.5 Å². The van der Waals surface area contributed by atoms with Crippen LogP contribution >= 0.6 is 0 Å². The van der Waals surface area contributed by atoms with Crippen LogP contribution in [0.25, 0.3) is 10.8 Å². The molecule has 6 nitrogen and oxygen atoms in total. The molecule has 0 aliphatic heterocycles. The molecule has 2 rings (SSSR count). The first-order valence-corrected chi connectivity index (χ1v) is 9.63. The summed E-state index contributed by atoms with van der Waals surface area (Å²) in [6, 6.07) is 9.60. The molecular weight excluding hydrogens is 338 g/mol. The van der Waals surface area contributed by atoms with E-state index in [9.17, 15) is 13.2 Å². The van der Waals surface area contributed by atoms with E-state index in [0.717, 1.165) is 11.1 Å². The molecule has 0 bridgehead atoms. The topological polar surface area (TPSA) is 92.5 Å². The number of nitrogens with one attached hydrogen (secondary N) is 1. The van der Waals surface area contributed by atoms with Crippen molar-refractivity contribution in [2.75, 3.05) is 19.0 Å². The summed E-state index contributed by atoms with van der Waals surface area (Å²) in [5.41, 5.74) is 6.70. The highest BCUT2D eigenvalue weighted by Gasteiger charge is 2.24. The van der Waals surface area contributed by atoms with Gasteiger partial charge in [0.1, 0.15) is 0 Å². The number of sulfonamides is 1. The van der Waals surface area contributed by atoms with Gasteiger partial charge in [-0.15, -0.1) is 0 Å². The van der Waals surface area contributed by atoms with Crippen LogP contribution in [0.1, 0.15) is 20.3 Å². The normalized spacial score (nSPS) is 13.0. The van der Waals surface area contributed by atoms with Gasteiger partial charge >= 0.3 is 0 Å². The van der Waals surface area contributed by atoms with E-state index in [1.54, 1.807) is 18.2 Å². The molecule has 25 heavy (non-hydrogen) atoms. The van der Waals surface area contributed by atoms with E-state index in [-0.39, 0.29) is 10.8 Å². The molecule has 0 heterocycles. The number of hydrogen-bond acceptors (Lipinski definition) is 5. The highest BCUT2D eigenvalue weighted by molar-refractivity contribution is 7.90. The number of fused-ring (bicyclic) bond motifs is 1. The molecule has 0 saturated carbocycles. The second kappa shape index (κ2) is 7.41. The largest absolute Gasteiger partial charge is 0.377 e. The molecular formula is C18H25N3O3S. The lowest BCUT2D eigenvalue weighted by Gasteiger charge is -2.18. The first kappa shape index (κ1) is 19.2. The van der Waals surface area contributed by atoms with Crippen molar-refractivity contribution < 1.29 is 13.2 Å². The standard InChI is InChI=1S/C18H25N3O3S/c1-12(2)11-15(19)18(22)20-25(23,24)17-10-6-7-13-14(17)8-5-9-16(13)21(3)4/h5-10,12,15H,11,19H2,1-4H3,(H,20,22)/t15-/m0/s1. The Morgan fingerprint density at radius 1 is 1.12 bits per heavy atom. The van der Waals surface area contributed by atoms with Gasteiger partial charge in [0.15, 0.2) is 0 Å². The average molecular weight is 363 g/mol. The third kappa shape index (κ3) is 4.29. The highest BCUT2D eigenvalue weighted by atomic mass is 32.2. The van der Waals surface area contributed by atoms with Gasteiger partial charge in [0, 0.05) is 30.6 Å². The molecule has 0 unspecified atom stereocenters. The average Bonchev–Trinajstić information content (AvgIpc) is 2.52. The Balaban J connectivity index is 2.43. The van der Waals surface area contributed by atoms with Crippen LogP contribution in [0.2, 0.25) is 0 Å². The second-order valence-corrected chi connectivity index (χ2v) is 8.38. The lowest BCUT2D eigenvalue weighted by atomic mass is 10.0. The van der Waals surface area contributed by atoms with Gasteiger partial charge in [-0.05, 0) is 24.5 Å². The van der Waals surface area contributed by atoms with Crippen molar-refractivity contribution in [2.45, 2.75) is 31.2 Å². The number of rotatable bonds is 6.